The largest absolute Gasteiger partial charge is 0.486 e. The van der Waals surface area contributed by atoms with Crippen LogP contribution in [0.3, 0.4) is 0 Å². The standard InChI is InChI=1S/C22H22FN3O2S/c1-16-4-2-3-5-20(16)25-10-12-26(13-11-25)22(27)19-15-29-21(24-19)14-28-18-8-6-17(23)7-9-18/h2-9,15H,10-14H2,1H3. The summed E-state index contributed by atoms with van der Waals surface area (Å²) in [7, 11) is 0. The number of amides is 1. The Labute approximate surface area is 173 Å². The number of para-hydroxylation sites is 1. The van der Waals surface area contributed by atoms with Gasteiger partial charge in [-0.1, -0.05) is 18.2 Å². The summed E-state index contributed by atoms with van der Waals surface area (Å²) in [4.78, 5) is 21.4. The summed E-state index contributed by atoms with van der Waals surface area (Å²) in [6, 6.07) is 14.2. The van der Waals surface area contributed by atoms with E-state index >= 15 is 0 Å². The SMILES string of the molecule is Cc1ccccc1N1CCN(C(=O)c2csc(COc3ccc(F)cc3)n2)CC1. The number of piperazine rings is 1. The van der Waals surface area contributed by atoms with Crippen molar-refractivity contribution in [3.8, 4) is 5.75 Å². The van der Waals surface area contributed by atoms with Gasteiger partial charge < -0.3 is 14.5 Å². The maximum Gasteiger partial charge on any atom is 0.273 e. The van der Waals surface area contributed by atoms with Crippen LogP contribution in [0, 0.1) is 12.7 Å². The maximum absolute atomic E-state index is 12.9. The number of halogens is 1. The Kier molecular flexibility index (Phi) is 5.76. The van der Waals surface area contributed by atoms with E-state index in [-0.39, 0.29) is 18.3 Å². The van der Waals surface area contributed by atoms with Gasteiger partial charge in [0, 0.05) is 37.2 Å². The van der Waals surface area contributed by atoms with Crippen molar-refractivity contribution in [3.63, 3.8) is 0 Å². The van der Waals surface area contributed by atoms with Gasteiger partial charge in [-0.25, -0.2) is 9.37 Å². The number of anilines is 1. The molecule has 4 rings (SSSR count). The molecule has 3 aromatic rings. The minimum Gasteiger partial charge on any atom is -0.486 e. The highest BCUT2D eigenvalue weighted by Gasteiger charge is 2.24. The first-order chi connectivity index (χ1) is 14.1. The number of thiazole rings is 1. The predicted octanol–water partition coefficient (Wildman–Crippen LogP) is 4.13. The Morgan fingerprint density at radius 2 is 1.83 bits per heavy atom. The van der Waals surface area contributed by atoms with Crippen LogP contribution in [-0.4, -0.2) is 42.0 Å². The fourth-order valence-corrected chi connectivity index (χ4v) is 4.06. The predicted molar refractivity (Wildman–Crippen MR) is 112 cm³/mol. The van der Waals surface area contributed by atoms with Crippen molar-refractivity contribution in [1.29, 1.82) is 0 Å². The van der Waals surface area contributed by atoms with Gasteiger partial charge in [0.25, 0.3) is 5.91 Å². The minimum absolute atomic E-state index is 0.0429. The number of benzene rings is 2. The molecule has 0 radical (unpaired) electrons. The molecule has 1 aliphatic heterocycles. The third kappa shape index (κ3) is 4.56. The molecule has 2 heterocycles. The number of ether oxygens (including phenoxy) is 1. The molecule has 0 atom stereocenters. The molecule has 2 aromatic carbocycles. The monoisotopic (exact) mass is 411 g/mol. The van der Waals surface area contributed by atoms with Crippen LogP contribution in [0.15, 0.2) is 53.9 Å². The van der Waals surface area contributed by atoms with Gasteiger partial charge in [-0.05, 0) is 42.8 Å². The maximum atomic E-state index is 12.9. The summed E-state index contributed by atoms with van der Waals surface area (Å²) in [5.41, 5.74) is 2.93. The second kappa shape index (κ2) is 8.61. The van der Waals surface area contributed by atoms with Crippen molar-refractivity contribution in [3.05, 3.63) is 76.0 Å². The fourth-order valence-electron chi connectivity index (χ4n) is 3.38. The highest BCUT2D eigenvalue weighted by atomic mass is 32.1. The Morgan fingerprint density at radius 1 is 1.10 bits per heavy atom. The first-order valence-corrected chi connectivity index (χ1v) is 10.4. The summed E-state index contributed by atoms with van der Waals surface area (Å²) in [6.07, 6.45) is 0. The van der Waals surface area contributed by atoms with Crippen LogP contribution in [0.25, 0.3) is 0 Å². The second-order valence-corrected chi connectivity index (χ2v) is 7.88. The summed E-state index contributed by atoms with van der Waals surface area (Å²) in [5, 5.41) is 2.50. The quantitative estimate of drug-likeness (QED) is 0.633. The summed E-state index contributed by atoms with van der Waals surface area (Å²) >= 11 is 1.40. The molecule has 0 bridgehead atoms. The minimum atomic E-state index is -0.304. The van der Waals surface area contributed by atoms with Gasteiger partial charge in [-0.2, -0.15) is 0 Å². The van der Waals surface area contributed by atoms with E-state index in [2.05, 4.69) is 28.9 Å². The van der Waals surface area contributed by atoms with Gasteiger partial charge in [0.05, 0.1) is 0 Å². The van der Waals surface area contributed by atoms with Crippen LogP contribution in [-0.2, 0) is 6.61 Å². The molecular formula is C22H22FN3O2S. The average Bonchev–Trinajstić information content (AvgIpc) is 3.22. The molecule has 29 heavy (non-hydrogen) atoms. The molecule has 7 heteroatoms. The molecular weight excluding hydrogens is 389 g/mol. The van der Waals surface area contributed by atoms with E-state index in [0.717, 1.165) is 18.1 Å². The Bertz CT molecular complexity index is 982. The van der Waals surface area contributed by atoms with Crippen LogP contribution in [0.5, 0.6) is 5.75 Å². The zero-order chi connectivity index (χ0) is 20.2. The zero-order valence-electron chi connectivity index (χ0n) is 16.2. The highest BCUT2D eigenvalue weighted by molar-refractivity contribution is 7.09. The summed E-state index contributed by atoms with van der Waals surface area (Å²) in [5.74, 6) is 0.225. The molecule has 1 aromatic heterocycles. The molecule has 0 N–H and O–H groups in total. The van der Waals surface area contributed by atoms with Gasteiger partial charge in [-0.3, -0.25) is 4.79 Å². The number of rotatable bonds is 5. The Hall–Kier alpha value is -2.93. The summed E-state index contributed by atoms with van der Waals surface area (Å²) in [6.45, 7) is 5.32. The molecule has 150 valence electrons. The number of aromatic nitrogens is 1. The lowest BCUT2D eigenvalue weighted by Gasteiger charge is -2.36. The number of hydrogen-bond acceptors (Lipinski definition) is 5. The topological polar surface area (TPSA) is 45.7 Å². The molecule has 1 fully saturated rings. The smallest absolute Gasteiger partial charge is 0.273 e. The molecule has 0 aliphatic carbocycles. The van der Waals surface area contributed by atoms with Crippen LogP contribution in [0.2, 0.25) is 0 Å². The van der Waals surface area contributed by atoms with E-state index in [1.54, 1.807) is 17.5 Å². The number of hydrogen-bond donors (Lipinski definition) is 0. The zero-order valence-corrected chi connectivity index (χ0v) is 17.0. The van der Waals surface area contributed by atoms with E-state index in [4.69, 9.17) is 4.74 Å². The fraction of sp³-hybridized carbons (Fsp3) is 0.273. The molecule has 1 amide bonds. The third-order valence-electron chi connectivity index (χ3n) is 4.97. The lowest BCUT2D eigenvalue weighted by Crippen LogP contribution is -2.49. The van der Waals surface area contributed by atoms with Gasteiger partial charge in [0.2, 0.25) is 0 Å². The normalized spacial score (nSPS) is 14.1. The van der Waals surface area contributed by atoms with Gasteiger partial charge in [0.15, 0.2) is 0 Å². The molecule has 1 saturated heterocycles. The number of nitrogens with zero attached hydrogens (tertiary/aromatic N) is 3. The number of carbonyl (C=O) groups is 1. The molecule has 0 saturated carbocycles. The average molecular weight is 412 g/mol. The van der Waals surface area contributed by atoms with Crippen LogP contribution >= 0.6 is 11.3 Å². The lowest BCUT2D eigenvalue weighted by atomic mass is 10.1. The molecule has 1 aliphatic rings. The lowest BCUT2D eigenvalue weighted by molar-refractivity contribution is 0.0741. The first-order valence-electron chi connectivity index (χ1n) is 9.53. The van der Waals surface area contributed by atoms with Gasteiger partial charge in [-0.15, -0.1) is 11.3 Å². The Morgan fingerprint density at radius 3 is 2.55 bits per heavy atom. The third-order valence-corrected chi connectivity index (χ3v) is 5.79. The van der Waals surface area contributed by atoms with Gasteiger partial charge in [0.1, 0.15) is 28.9 Å². The van der Waals surface area contributed by atoms with E-state index < -0.39 is 0 Å². The van der Waals surface area contributed by atoms with Crippen molar-refractivity contribution < 1.29 is 13.9 Å². The van der Waals surface area contributed by atoms with Crippen molar-refractivity contribution in [2.75, 3.05) is 31.1 Å². The highest BCUT2D eigenvalue weighted by Crippen LogP contribution is 2.22. The van der Waals surface area contributed by atoms with E-state index in [0.29, 0.717) is 24.5 Å². The van der Waals surface area contributed by atoms with Crippen LogP contribution in [0.4, 0.5) is 10.1 Å². The van der Waals surface area contributed by atoms with Crippen molar-refractivity contribution >= 4 is 22.9 Å². The van der Waals surface area contributed by atoms with Crippen LogP contribution in [0.1, 0.15) is 21.1 Å². The van der Waals surface area contributed by atoms with E-state index in [9.17, 15) is 9.18 Å². The Balaban J connectivity index is 1.32. The molecule has 0 spiro atoms. The van der Waals surface area contributed by atoms with Crippen LogP contribution < -0.4 is 9.64 Å². The van der Waals surface area contributed by atoms with Crippen molar-refractivity contribution in [2.24, 2.45) is 0 Å². The second-order valence-electron chi connectivity index (χ2n) is 6.93. The van der Waals surface area contributed by atoms with Crippen molar-refractivity contribution in [1.82, 2.24) is 9.88 Å². The van der Waals surface area contributed by atoms with E-state index in [1.165, 1.54) is 34.7 Å². The molecule has 5 nitrogen and oxygen atoms in total. The van der Waals surface area contributed by atoms with E-state index in [1.807, 2.05) is 17.0 Å². The first kappa shape index (κ1) is 19.4. The summed E-state index contributed by atoms with van der Waals surface area (Å²) < 4.78 is 18.6. The van der Waals surface area contributed by atoms with Gasteiger partial charge >= 0.3 is 0 Å². The van der Waals surface area contributed by atoms with Crippen molar-refractivity contribution in [2.45, 2.75) is 13.5 Å². The molecule has 0 unspecified atom stereocenters. The number of carbonyl (C=O) groups excluding carboxylic acids is 1. The number of aryl methyl sites for hydroxylation is 1.